The van der Waals surface area contributed by atoms with Gasteiger partial charge in [-0.2, -0.15) is 18.3 Å². The highest BCUT2D eigenvalue weighted by Crippen LogP contribution is 2.60. The van der Waals surface area contributed by atoms with Gasteiger partial charge in [-0.25, -0.2) is 4.68 Å². The van der Waals surface area contributed by atoms with E-state index in [4.69, 9.17) is 11.6 Å². The van der Waals surface area contributed by atoms with Crippen molar-refractivity contribution in [2.75, 3.05) is 0 Å². The Morgan fingerprint density at radius 1 is 1.43 bits per heavy atom. The fraction of sp³-hybridized carbons (Fsp3) is 0.571. The number of aryl methyl sites for hydroxylation is 2. The van der Waals surface area contributed by atoms with Crippen LogP contribution >= 0.6 is 11.6 Å². The van der Waals surface area contributed by atoms with Crippen molar-refractivity contribution < 1.29 is 18.0 Å². The average Bonchev–Trinajstić information content (AvgIpc) is 2.67. The summed E-state index contributed by atoms with van der Waals surface area (Å²) in [6, 6.07) is 1.75. The van der Waals surface area contributed by atoms with Gasteiger partial charge in [-0.3, -0.25) is 4.79 Å². The molecular weight excluding hydrogens is 305 g/mol. The quantitative estimate of drug-likeness (QED) is 0.822. The van der Waals surface area contributed by atoms with Gasteiger partial charge in [0.1, 0.15) is 5.03 Å². The van der Waals surface area contributed by atoms with Crippen LogP contribution in [0.25, 0.3) is 0 Å². The van der Waals surface area contributed by atoms with Gasteiger partial charge in [-0.1, -0.05) is 31.5 Å². The lowest BCUT2D eigenvalue weighted by molar-refractivity contribution is -0.0848. The summed E-state index contributed by atoms with van der Waals surface area (Å²) >= 11 is 5.27. The van der Waals surface area contributed by atoms with Crippen molar-refractivity contribution in [2.45, 2.75) is 33.9 Å². The molecule has 116 valence electrons. The highest BCUT2D eigenvalue weighted by atomic mass is 35.5. The van der Waals surface area contributed by atoms with Crippen LogP contribution in [-0.4, -0.2) is 21.9 Å². The molecule has 1 aliphatic rings. The largest absolute Gasteiger partial charge is 0.426 e. The Hall–Kier alpha value is -1.30. The summed E-state index contributed by atoms with van der Waals surface area (Å²) in [6.07, 6.45) is -3.64. The van der Waals surface area contributed by atoms with Gasteiger partial charge in [0.05, 0.1) is 11.6 Å². The molecule has 0 amide bonds. The maximum atomic E-state index is 12.5. The van der Waals surface area contributed by atoms with E-state index in [2.05, 4.69) is 5.10 Å². The first-order valence-electron chi connectivity index (χ1n) is 6.48. The standard InChI is InChI=1S/C14H16ClF3N2O/c1-7-5-8(2)20(19-7)12(21)11-9(13(11,3)4)6-10(15)14(16,17)18/h5-6,9,11H,1-4H3/b10-6-. The van der Waals surface area contributed by atoms with Gasteiger partial charge < -0.3 is 0 Å². The third kappa shape index (κ3) is 2.86. The fourth-order valence-electron chi connectivity index (χ4n) is 2.70. The number of nitrogens with zero attached hydrogens (tertiary/aromatic N) is 2. The lowest BCUT2D eigenvalue weighted by atomic mass is 10.1. The van der Waals surface area contributed by atoms with Crippen LogP contribution in [0.3, 0.4) is 0 Å². The number of alkyl halides is 3. The smallest absolute Gasteiger partial charge is 0.272 e. The summed E-state index contributed by atoms with van der Waals surface area (Å²) in [6.45, 7) is 7.00. The van der Waals surface area contributed by atoms with E-state index in [0.29, 0.717) is 11.4 Å². The number of carbonyl (C=O) groups is 1. The Kier molecular flexibility index (Phi) is 3.72. The highest BCUT2D eigenvalue weighted by Gasteiger charge is 2.61. The van der Waals surface area contributed by atoms with Crippen molar-refractivity contribution >= 4 is 17.5 Å². The van der Waals surface area contributed by atoms with Crippen molar-refractivity contribution in [2.24, 2.45) is 17.3 Å². The second-order valence-corrected chi connectivity index (χ2v) is 6.42. The molecule has 1 heterocycles. The third-order valence-corrected chi connectivity index (χ3v) is 4.33. The topological polar surface area (TPSA) is 34.9 Å². The van der Waals surface area contributed by atoms with Crippen LogP contribution in [0, 0.1) is 31.1 Å². The molecule has 0 aromatic carbocycles. The fourth-order valence-corrected chi connectivity index (χ4v) is 2.83. The van der Waals surface area contributed by atoms with E-state index in [-0.39, 0.29) is 5.91 Å². The molecule has 7 heteroatoms. The molecule has 1 fully saturated rings. The molecule has 1 saturated carbocycles. The zero-order valence-electron chi connectivity index (χ0n) is 12.1. The molecular formula is C14H16ClF3N2O. The predicted molar refractivity (Wildman–Crippen MR) is 73.1 cm³/mol. The highest BCUT2D eigenvalue weighted by molar-refractivity contribution is 6.30. The first kappa shape index (κ1) is 16.1. The molecule has 3 nitrogen and oxygen atoms in total. The van der Waals surface area contributed by atoms with Gasteiger partial charge in [0.15, 0.2) is 0 Å². The molecule has 0 radical (unpaired) electrons. The normalized spacial score (nSPS) is 25.0. The summed E-state index contributed by atoms with van der Waals surface area (Å²) in [7, 11) is 0. The molecule has 2 rings (SSSR count). The summed E-state index contributed by atoms with van der Waals surface area (Å²) in [5, 5.41) is 2.91. The monoisotopic (exact) mass is 320 g/mol. The summed E-state index contributed by atoms with van der Waals surface area (Å²) in [5.74, 6) is -1.38. The lowest BCUT2D eigenvalue weighted by Gasteiger charge is -2.04. The zero-order chi connectivity index (χ0) is 16.2. The van der Waals surface area contributed by atoms with E-state index in [1.165, 1.54) is 4.68 Å². The Balaban J connectivity index is 2.26. The maximum absolute atomic E-state index is 12.5. The van der Waals surface area contributed by atoms with Gasteiger partial charge in [-0.05, 0) is 31.2 Å². The number of allylic oxidation sites excluding steroid dienone is 2. The Labute approximate surface area is 125 Å². The second-order valence-electron chi connectivity index (χ2n) is 6.01. The molecule has 1 aromatic heterocycles. The van der Waals surface area contributed by atoms with Crippen LogP contribution in [0.15, 0.2) is 17.2 Å². The summed E-state index contributed by atoms with van der Waals surface area (Å²) in [5.41, 5.74) is 0.805. The molecule has 2 unspecified atom stereocenters. The van der Waals surface area contributed by atoms with Crippen LogP contribution in [0.4, 0.5) is 13.2 Å². The van der Waals surface area contributed by atoms with Crippen molar-refractivity contribution in [1.82, 2.24) is 9.78 Å². The molecule has 21 heavy (non-hydrogen) atoms. The third-order valence-electron chi connectivity index (χ3n) is 3.99. The Bertz CT molecular complexity index is 616. The van der Waals surface area contributed by atoms with Crippen LogP contribution in [0.1, 0.15) is 30.0 Å². The first-order chi connectivity index (χ1) is 9.46. The van der Waals surface area contributed by atoms with Gasteiger partial charge in [0, 0.05) is 5.69 Å². The van der Waals surface area contributed by atoms with E-state index >= 15 is 0 Å². The number of halogens is 4. The molecule has 0 bridgehead atoms. The molecule has 2 atom stereocenters. The SMILES string of the molecule is Cc1cc(C)n(C(=O)C2C(/C=C(\Cl)C(F)(F)F)C2(C)C)n1. The zero-order valence-corrected chi connectivity index (χ0v) is 12.9. The van der Waals surface area contributed by atoms with Crippen LogP contribution in [-0.2, 0) is 0 Å². The lowest BCUT2D eigenvalue weighted by Crippen LogP contribution is -2.18. The first-order valence-corrected chi connectivity index (χ1v) is 6.86. The molecule has 1 aromatic rings. The van der Waals surface area contributed by atoms with E-state index in [1.54, 1.807) is 33.8 Å². The summed E-state index contributed by atoms with van der Waals surface area (Å²) < 4.78 is 38.8. The number of hydrogen-bond donors (Lipinski definition) is 0. The van der Waals surface area contributed by atoms with Gasteiger partial charge in [0.2, 0.25) is 0 Å². The van der Waals surface area contributed by atoms with E-state index in [9.17, 15) is 18.0 Å². The molecule has 0 aliphatic heterocycles. The van der Waals surface area contributed by atoms with E-state index in [0.717, 1.165) is 6.08 Å². The molecule has 0 spiro atoms. The molecule has 1 aliphatic carbocycles. The van der Waals surface area contributed by atoms with Crippen molar-refractivity contribution in [3.05, 3.63) is 28.6 Å². The number of carbonyl (C=O) groups excluding carboxylic acids is 1. The minimum absolute atomic E-state index is 0.293. The van der Waals surface area contributed by atoms with Gasteiger partial charge in [-0.15, -0.1) is 0 Å². The van der Waals surface area contributed by atoms with Crippen LogP contribution < -0.4 is 0 Å². The predicted octanol–water partition coefficient (Wildman–Crippen LogP) is 4.10. The minimum Gasteiger partial charge on any atom is -0.272 e. The van der Waals surface area contributed by atoms with Crippen molar-refractivity contribution in [3.8, 4) is 0 Å². The average molecular weight is 321 g/mol. The van der Waals surface area contributed by atoms with Crippen LogP contribution in [0.5, 0.6) is 0 Å². The van der Waals surface area contributed by atoms with Crippen molar-refractivity contribution in [3.63, 3.8) is 0 Å². The van der Waals surface area contributed by atoms with Crippen LogP contribution in [0.2, 0.25) is 0 Å². The maximum Gasteiger partial charge on any atom is 0.426 e. The summed E-state index contributed by atoms with van der Waals surface area (Å²) in [4.78, 5) is 12.4. The molecule has 0 N–H and O–H groups in total. The number of aromatic nitrogens is 2. The molecule has 0 saturated heterocycles. The van der Waals surface area contributed by atoms with Crippen molar-refractivity contribution in [1.29, 1.82) is 0 Å². The minimum atomic E-state index is -4.58. The van der Waals surface area contributed by atoms with Gasteiger partial charge >= 0.3 is 6.18 Å². The van der Waals surface area contributed by atoms with E-state index < -0.39 is 28.5 Å². The van der Waals surface area contributed by atoms with Gasteiger partial charge in [0.25, 0.3) is 5.91 Å². The number of rotatable bonds is 2. The number of hydrogen-bond acceptors (Lipinski definition) is 2. The second kappa shape index (κ2) is 4.87. The Morgan fingerprint density at radius 3 is 2.43 bits per heavy atom. The van der Waals surface area contributed by atoms with E-state index in [1.807, 2.05) is 0 Å². The Morgan fingerprint density at radius 2 is 2.00 bits per heavy atom.